The molecular weight excluding hydrogens is 524 g/mol. The number of ether oxygens (including phenoxy) is 2. The summed E-state index contributed by atoms with van der Waals surface area (Å²) in [5.41, 5.74) is 10.4. The zero-order valence-corrected chi connectivity index (χ0v) is 24.8. The molecule has 3 aromatic carbocycles. The Bertz CT molecular complexity index is 1570. The Kier molecular flexibility index (Phi) is 8.29. The number of anilines is 1. The van der Waals surface area contributed by atoms with Gasteiger partial charge in [-0.1, -0.05) is 43.3 Å². The smallest absolute Gasteiger partial charge is 0.345 e. The number of carbonyl (C=O) groups is 1. The maximum absolute atomic E-state index is 12.4. The lowest BCUT2D eigenvalue weighted by Crippen LogP contribution is -2.27. The highest BCUT2D eigenvalue weighted by Gasteiger charge is 2.27. The fraction of sp³-hybridized carbons (Fsp3) is 0.371. The van der Waals surface area contributed by atoms with Gasteiger partial charge in [0.1, 0.15) is 5.56 Å². The number of piperidine rings is 1. The van der Waals surface area contributed by atoms with Crippen LogP contribution in [0.3, 0.4) is 0 Å². The van der Waals surface area contributed by atoms with E-state index in [4.69, 9.17) is 9.47 Å². The predicted octanol–water partition coefficient (Wildman–Crippen LogP) is 6.85. The quantitative estimate of drug-likeness (QED) is 0.217. The van der Waals surface area contributed by atoms with Crippen molar-refractivity contribution in [3.05, 3.63) is 94.7 Å². The summed E-state index contributed by atoms with van der Waals surface area (Å²) in [5, 5.41) is 11.9. The standard InChI is InChI=1S/C35H40N4O3/c1-4-23-20-27(13-14-29(23)24-16-18-36-19-17-24)38-32-15-12-25-8-7-11-30(33(25)32)26-9-6-10-28(21-26)39-34(41-3)31(22-37-39)35(40)42-5-2/h6-11,13-14,20-22,24,32,36,38H,4-5,12,15-19H2,1-3H3. The third-order valence-corrected chi connectivity index (χ3v) is 8.71. The third-order valence-electron chi connectivity index (χ3n) is 8.71. The lowest BCUT2D eigenvalue weighted by atomic mass is 9.86. The number of hydrogen-bond acceptors (Lipinski definition) is 6. The Labute approximate surface area is 248 Å². The van der Waals surface area contributed by atoms with Crippen LogP contribution in [0.15, 0.2) is 66.9 Å². The lowest BCUT2D eigenvalue weighted by Gasteiger charge is -2.26. The van der Waals surface area contributed by atoms with E-state index in [9.17, 15) is 4.79 Å². The minimum atomic E-state index is -0.443. The second-order valence-electron chi connectivity index (χ2n) is 11.2. The number of esters is 1. The molecule has 0 saturated carbocycles. The molecule has 1 aliphatic carbocycles. The Morgan fingerprint density at radius 2 is 1.88 bits per heavy atom. The van der Waals surface area contributed by atoms with E-state index in [1.54, 1.807) is 18.7 Å². The first-order chi connectivity index (χ1) is 20.6. The molecule has 0 spiro atoms. The van der Waals surface area contributed by atoms with Crippen molar-refractivity contribution in [2.45, 2.75) is 57.9 Å². The number of nitrogens with one attached hydrogen (secondary N) is 2. The summed E-state index contributed by atoms with van der Waals surface area (Å²) in [7, 11) is 1.54. The summed E-state index contributed by atoms with van der Waals surface area (Å²) < 4.78 is 12.4. The summed E-state index contributed by atoms with van der Waals surface area (Å²) in [6, 6.07) is 22.1. The maximum Gasteiger partial charge on any atom is 0.345 e. The molecule has 1 aliphatic heterocycles. The molecule has 0 amide bonds. The van der Waals surface area contributed by atoms with E-state index in [-0.39, 0.29) is 6.04 Å². The van der Waals surface area contributed by atoms with Crippen LogP contribution in [-0.4, -0.2) is 42.6 Å². The Balaban J connectivity index is 1.30. The maximum atomic E-state index is 12.4. The van der Waals surface area contributed by atoms with Gasteiger partial charge in [0, 0.05) is 5.69 Å². The van der Waals surface area contributed by atoms with Crippen LogP contribution in [0.5, 0.6) is 5.88 Å². The second kappa shape index (κ2) is 12.4. The summed E-state index contributed by atoms with van der Waals surface area (Å²) >= 11 is 0. The minimum absolute atomic E-state index is 0.226. The van der Waals surface area contributed by atoms with Crippen molar-refractivity contribution >= 4 is 11.7 Å². The first-order valence-electron chi connectivity index (χ1n) is 15.2. The first-order valence-corrected chi connectivity index (χ1v) is 15.2. The van der Waals surface area contributed by atoms with Crippen LogP contribution in [0.25, 0.3) is 16.8 Å². The minimum Gasteiger partial charge on any atom is -0.480 e. The normalized spacial score (nSPS) is 16.7. The molecule has 2 aliphatic rings. The first kappa shape index (κ1) is 28.0. The molecule has 7 nitrogen and oxygen atoms in total. The number of nitrogens with zero attached hydrogens (tertiary/aromatic N) is 2. The van der Waals surface area contributed by atoms with Crippen molar-refractivity contribution < 1.29 is 14.3 Å². The van der Waals surface area contributed by atoms with E-state index in [0.717, 1.165) is 43.6 Å². The largest absolute Gasteiger partial charge is 0.480 e. The number of hydrogen-bond donors (Lipinski definition) is 2. The highest BCUT2D eigenvalue weighted by molar-refractivity contribution is 5.92. The van der Waals surface area contributed by atoms with Gasteiger partial charge in [-0.3, -0.25) is 0 Å². The Morgan fingerprint density at radius 3 is 2.67 bits per heavy atom. The summed E-state index contributed by atoms with van der Waals surface area (Å²) in [6.45, 7) is 6.56. The van der Waals surface area contributed by atoms with Gasteiger partial charge in [-0.15, -0.1) is 0 Å². The number of fused-ring (bicyclic) bond motifs is 1. The van der Waals surface area contributed by atoms with Crippen molar-refractivity contribution in [2.75, 3.05) is 32.1 Å². The van der Waals surface area contributed by atoms with Gasteiger partial charge in [0.15, 0.2) is 0 Å². The molecule has 7 heteroatoms. The molecule has 2 heterocycles. The van der Waals surface area contributed by atoms with Crippen LogP contribution in [0.1, 0.15) is 77.7 Å². The predicted molar refractivity (Wildman–Crippen MR) is 167 cm³/mol. The Morgan fingerprint density at radius 1 is 1.05 bits per heavy atom. The van der Waals surface area contributed by atoms with Gasteiger partial charge in [-0.2, -0.15) is 5.10 Å². The molecule has 218 valence electrons. The van der Waals surface area contributed by atoms with E-state index in [1.165, 1.54) is 52.5 Å². The molecule has 1 unspecified atom stereocenters. The second-order valence-corrected chi connectivity index (χ2v) is 11.2. The topological polar surface area (TPSA) is 77.4 Å². The summed E-state index contributed by atoms with van der Waals surface area (Å²) in [5.74, 6) is 0.577. The average Bonchev–Trinajstić information content (AvgIpc) is 3.66. The van der Waals surface area contributed by atoms with Crippen LogP contribution in [-0.2, 0) is 17.6 Å². The number of aromatic nitrogens is 2. The van der Waals surface area contributed by atoms with Crippen molar-refractivity contribution in [1.82, 2.24) is 15.1 Å². The van der Waals surface area contributed by atoms with Crippen LogP contribution in [0.4, 0.5) is 5.69 Å². The molecule has 1 atom stereocenters. The lowest BCUT2D eigenvalue weighted by molar-refractivity contribution is 0.0522. The van der Waals surface area contributed by atoms with E-state index < -0.39 is 5.97 Å². The molecule has 1 saturated heterocycles. The monoisotopic (exact) mass is 564 g/mol. The fourth-order valence-electron chi connectivity index (χ4n) is 6.69. The molecule has 1 aromatic heterocycles. The molecule has 1 fully saturated rings. The molecule has 0 bridgehead atoms. The van der Waals surface area contributed by atoms with Gasteiger partial charge in [0.2, 0.25) is 5.88 Å². The molecule has 6 rings (SSSR count). The van der Waals surface area contributed by atoms with Crippen molar-refractivity contribution in [3.8, 4) is 22.7 Å². The van der Waals surface area contributed by atoms with Crippen molar-refractivity contribution in [2.24, 2.45) is 0 Å². The van der Waals surface area contributed by atoms with E-state index in [1.807, 2.05) is 12.1 Å². The van der Waals surface area contributed by atoms with Crippen LogP contribution in [0, 0.1) is 0 Å². The molecule has 0 radical (unpaired) electrons. The highest BCUT2D eigenvalue weighted by Crippen LogP contribution is 2.41. The van der Waals surface area contributed by atoms with Crippen LogP contribution < -0.4 is 15.4 Å². The Hall–Kier alpha value is -4.10. The molecule has 42 heavy (non-hydrogen) atoms. The van der Waals surface area contributed by atoms with Gasteiger partial charge in [-0.05, 0) is 116 Å². The zero-order valence-electron chi connectivity index (χ0n) is 24.8. The van der Waals surface area contributed by atoms with E-state index in [0.29, 0.717) is 24.0 Å². The van der Waals surface area contributed by atoms with Crippen molar-refractivity contribution in [1.29, 1.82) is 0 Å². The van der Waals surface area contributed by atoms with E-state index >= 15 is 0 Å². The molecular formula is C35H40N4O3. The fourth-order valence-corrected chi connectivity index (χ4v) is 6.69. The van der Waals surface area contributed by atoms with Crippen LogP contribution in [0.2, 0.25) is 0 Å². The van der Waals surface area contributed by atoms with Crippen molar-refractivity contribution in [3.63, 3.8) is 0 Å². The molecule has 2 N–H and O–H groups in total. The average molecular weight is 565 g/mol. The number of aryl methyl sites for hydroxylation is 2. The third kappa shape index (κ3) is 5.41. The number of methoxy groups -OCH3 is 1. The van der Waals surface area contributed by atoms with E-state index in [2.05, 4.69) is 71.2 Å². The van der Waals surface area contributed by atoms with Gasteiger partial charge < -0.3 is 20.1 Å². The molecule has 4 aromatic rings. The SMILES string of the molecule is CCOC(=O)c1cnn(-c2cccc(-c3cccc4c3C(Nc3ccc(C5CCNCC5)c(CC)c3)CC4)c2)c1OC. The van der Waals surface area contributed by atoms with Gasteiger partial charge in [0.25, 0.3) is 0 Å². The highest BCUT2D eigenvalue weighted by atomic mass is 16.5. The van der Waals surface area contributed by atoms with Gasteiger partial charge >= 0.3 is 5.97 Å². The summed E-state index contributed by atoms with van der Waals surface area (Å²) in [6.07, 6.45) is 7.08. The van der Waals surface area contributed by atoms with Crippen LogP contribution >= 0.6 is 0 Å². The number of rotatable bonds is 9. The summed E-state index contributed by atoms with van der Waals surface area (Å²) in [4.78, 5) is 12.4. The number of benzene rings is 3. The van der Waals surface area contributed by atoms with Gasteiger partial charge in [0.05, 0.1) is 31.6 Å². The zero-order chi connectivity index (χ0) is 29.1. The number of carbonyl (C=O) groups excluding carboxylic acids is 1. The van der Waals surface area contributed by atoms with Gasteiger partial charge in [-0.25, -0.2) is 9.48 Å².